The standard InChI is InChI=1S/C16H14N2O2S/c19-14(12-5-2-1-3-6-12)7-4-9-18-11-17-13-8-10-21-15(13)16(18)20/h1-3,5-6,8,10-11H,4,7,9H2. The minimum absolute atomic E-state index is 0.0258. The van der Waals surface area contributed by atoms with E-state index in [0.29, 0.717) is 24.1 Å². The van der Waals surface area contributed by atoms with Gasteiger partial charge in [-0.1, -0.05) is 30.3 Å². The number of benzene rings is 1. The fraction of sp³-hybridized carbons (Fsp3) is 0.188. The van der Waals surface area contributed by atoms with Gasteiger partial charge >= 0.3 is 0 Å². The van der Waals surface area contributed by atoms with Crippen LogP contribution >= 0.6 is 11.3 Å². The summed E-state index contributed by atoms with van der Waals surface area (Å²) in [6.45, 7) is 0.512. The van der Waals surface area contributed by atoms with E-state index in [1.54, 1.807) is 10.9 Å². The summed E-state index contributed by atoms with van der Waals surface area (Å²) in [7, 11) is 0. The van der Waals surface area contributed by atoms with Gasteiger partial charge in [-0.15, -0.1) is 11.3 Å². The summed E-state index contributed by atoms with van der Waals surface area (Å²) in [5.74, 6) is 0.105. The Morgan fingerprint density at radius 1 is 1.19 bits per heavy atom. The van der Waals surface area contributed by atoms with Gasteiger partial charge in [-0.3, -0.25) is 14.2 Å². The quantitative estimate of drug-likeness (QED) is 0.680. The molecule has 3 rings (SSSR count). The molecule has 0 aliphatic rings. The van der Waals surface area contributed by atoms with Gasteiger partial charge in [0.05, 0.1) is 11.8 Å². The maximum absolute atomic E-state index is 12.2. The lowest BCUT2D eigenvalue weighted by molar-refractivity contribution is 0.0978. The lowest BCUT2D eigenvalue weighted by Crippen LogP contribution is -2.20. The molecule has 21 heavy (non-hydrogen) atoms. The van der Waals surface area contributed by atoms with E-state index in [1.807, 2.05) is 41.8 Å². The van der Waals surface area contributed by atoms with E-state index in [-0.39, 0.29) is 11.3 Å². The molecule has 0 amide bonds. The van der Waals surface area contributed by atoms with Crippen molar-refractivity contribution in [1.82, 2.24) is 9.55 Å². The first-order valence-electron chi connectivity index (χ1n) is 6.76. The zero-order valence-corrected chi connectivity index (χ0v) is 12.2. The second-order valence-electron chi connectivity index (χ2n) is 4.77. The molecule has 4 nitrogen and oxygen atoms in total. The molecule has 0 unspecified atom stereocenters. The van der Waals surface area contributed by atoms with Gasteiger partial charge in [0, 0.05) is 18.5 Å². The molecule has 0 atom stereocenters. The minimum atomic E-state index is -0.0258. The molecule has 0 bridgehead atoms. The second kappa shape index (κ2) is 6.01. The predicted molar refractivity (Wildman–Crippen MR) is 83.9 cm³/mol. The summed E-state index contributed by atoms with van der Waals surface area (Å²) in [6.07, 6.45) is 2.62. The summed E-state index contributed by atoms with van der Waals surface area (Å²) < 4.78 is 2.25. The van der Waals surface area contributed by atoms with Gasteiger partial charge in [-0.05, 0) is 17.9 Å². The van der Waals surface area contributed by atoms with Crippen molar-refractivity contribution < 1.29 is 4.79 Å². The van der Waals surface area contributed by atoms with E-state index in [1.165, 1.54) is 11.3 Å². The molecule has 0 fully saturated rings. The maximum atomic E-state index is 12.2. The van der Waals surface area contributed by atoms with Crippen molar-refractivity contribution in [3.63, 3.8) is 0 Å². The van der Waals surface area contributed by atoms with E-state index in [9.17, 15) is 9.59 Å². The molecule has 0 N–H and O–H groups in total. The molecule has 3 aromatic rings. The van der Waals surface area contributed by atoms with Gasteiger partial charge < -0.3 is 0 Å². The number of rotatable bonds is 5. The first-order valence-corrected chi connectivity index (χ1v) is 7.64. The summed E-state index contributed by atoms with van der Waals surface area (Å²) in [5, 5.41) is 1.86. The van der Waals surface area contributed by atoms with Crippen molar-refractivity contribution in [3.05, 3.63) is 64.0 Å². The van der Waals surface area contributed by atoms with Crippen LogP contribution in [0, 0.1) is 0 Å². The Kier molecular flexibility index (Phi) is 3.92. The fourth-order valence-corrected chi connectivity index (χ4v) is 3.01. The topological polar surface area (TPSA) is 52.0 Å². The van der Waals surface area contributed by atoms with Crippen molar-refractivity contribution >= 4 is 27.3 Å². The molecule has 1 aromatic carbocycles. The molecule has 2 heterocycles. The zero-order chi connectivity index (χ0) is 14.7. The van der Waals surface area contributed by atoms with Crippen LogP contribution in [0.5, 0.6) is 0 Å². The number of nitrogens with zero attached hydrogens (tertiary/aromatic N) is 2. The summed E-state index contributed by atoms with van der Waals surface area (Å²) >= 11 is 1.40. The zero-order valence-electron chi connectivity index (χ0n) is 11.4. The van der Waals surface area contributed by atoms with E-state index < -0.39 is 0 Å². The van der Waals surface area contributed by atoms with Gasteiger partial charge in [0.1, 0.15) is 4.70 Å². The number of hydrogen-bond donors (Lipinski definition) is 0. The number of carbonyl (C=O) groups is 1. The number of thiophene rings is 1. The van der Waals surface area contributed by atoms with Gasteiger partial charge in [-0.25, -0.2) is 4.98 Å². The predicted octanol–water partition coefficient (Wildman–Crippen LogP) is 3.12. The Balaban J connectivity index is 1.66. The van der Waals surface area contributed by atoms with Crippen molar-refractivity contribution in [2.24, 2.45) is 0 Å². The Morgan fingerprint density at radius 3 is 2.81 bits per heavy atom. The molecule has 0 saturated carbocycles. The highest BCUT2D eigenvalue weighted by atomic mass is 32.1. The van der Waals surface area contributed by atoms with E-state index in [0.717, 1.165) is 11.1 Å². The third kappa shape index (κ3) is 2.92. The van der Waals surface area contributed by atoms with E-state index in [4.69, 9.17) is 0 Å². The molecule has 0 spiro atoms. The number of hydrogen-bond acceptors (Lipinski definition) is 4. The molecule has 5 heteroatoms. The normalized spacial score (nSPS) is 10.9. The first kappa shape index (κ1) is 13.7. The third-order valence-corrected chi connectivity index (χ3v) is 4.23. The molecular formula is C16H14N2O2S. The first-order chi connectivity index (χ1) is 10.3. The van der Waals surface area contributed by atoms with Crippen molar-refractivity contribution in [2.75, 3.05) is 0 Å². The average molecular weight is 298 g/mol. The number of fused-ring (bicyclic) bond motifs is 1. The van der Waals surface area contributed by atoms with Crippen LogP contribution in [0.1, 0.15) is 23.2 Å². The number of Topliss-reactive ketones (excluding diaryl/α,β-unsaturated/α-hetero) is 1. The number of aryl methyl sites for hydroxylation is 1. The third-order valence-electron chi connectivity index (χ3n) is 3.33. The molecule has 0 radical (unpaired) electrons. The molecule has 0 aliphatic carbocycles. The average Bonchev–Trinajstić information content (AvgIpc) is 3.00. The molecule has 106 valence electrons. The highest BCUT2D eigenvalue weighted by molar-refractivity contribution is 7.17. The number of aromatic nitrogens is 2. The lowest BCUT2D eigenvalue weighted by atomic mass is 10.1. The van der Waals surface area contributed by atoms with Crippen LogP contribution in [-0.4, -0.2) is 15.3 Å². The Hall–Kier alpha value is -2.27. The van der Waals surface area contributed by atoms with Crippen LogP contribution in [0.25, 0.3) is 10.2 Å². The van der Waals surface area contributed by atoms with Crippen LogP contribution < -0.4 is 5.56 Å². The molecular weight excluding hydrogens is 284 g/mol. The number of ketones is 1. The van der Waals surface area contributed by atoms with Crippen LogP contribution in [0.15, 0.2) is 52.9 Å². The Bertz CT molecular complexity index is 821. The summed E-state index contributed by atoms with van der Waals surface area (Å²) in [6, 6.07) is 11.1. The number of carbonyl (C=O) groups excluding carboxylic acids is 1. The van der Waals surface area contributed by atoms with Crippen LogP contribution in [0.4, 0.5) is 0 Å². The highest BCUT2D eigenvalue weighted by Crippen LogP contribution is 2.13. The van der Waals surface area contributed by atoms with Gasteiger partial charge in [0.2, 0.25) is 0 Å². The van der Waals surface area contributed by atoms with Crippen LogP contribution in [0.2, 0.25) is 0 Å². The van der Waals surface area contributed by atoms with E-state index >= 15 is 0 Å². The van der Waals surface area contributed by atoms with Gasteiger partial charge in [-0.2, -0.15) is 0 Å². The summed E-state index contributed by atoms with van der Waals surface area (Å²) in [5.41, 5.74) is 1.43. The smallest absolute Gasteiger partial charge is 0.271 e. The molecule has 0 saturated heterocycles. The maximum Gasteiger partial charge on any atom is 0.271 e. The fourth-order valence-electron chi connectivity index (χ4n) is 2.22. The monoisotopic (exact) mass is 298 g/mol. The van der Waals surface area contributed by atoms with Gasteiger partial charge in [0.25, 0.3) is 5.56 Å². The largest absolute Gasteiger partial charge is 0.298 e. The molecule has 0 aliphatic heterocycles. The van der Waals surface area contributed by atoms with Crippen molar-refractivity contribution in [3.8, 4) is 0 Å². The van der Waals surface area contributed by atoms with Crippen LogP contribution in [0.3, 0.4) is 0 Å². The van der Waals surface area contributed by atoms with Crippen molar-refractivity contribution in [1.29, 1.82) is 0 Å². The van der Waals surface area contributed by atoms with Gasteiger partial charge in [0.15, 0.2) is 5.78 Å². The highest BCUT2D eigenvalue weighted by Gasteiger charge is 2.07. The van der Waals surface area contributed by atoms with Crippen LogP contribution in [-0.2, 0) is 6.54 Å². The Morgan fingerprint density at radius 2 is 2.00 bits per heavy atom. The van der Waals surface area contributed by atoms with E-state index in [2.05, 4.69) is 4.98 Å². The molecule has 2 aromatic heterocycles. The lowest BCUT2D eigenvalue weighted by Gasteiger charge is -2.05. The summed E-state index contributed by atoms with van der Waals surface area (Å²) in [4.78, 5) is 28.4. The second-order valence-corrected chi connectivity index (χ2v) is 5.69. The SMILES string of the molecule is O=C(CCCn1cnc2ccsc2c1=O)c1ccccc1. The van der Waals surface area contributed by atoms with Crippen molar-refractivity contribution in [2.45, 2.75) is 19.4 Å². The Labute approximate surface area is 125 Å². The minimum Gasteiger partial charge on any atom is -0.298 e.